The van der Waals surface area contributed by atoms with Crippen LogP contribution in [-0.2, 0) is 0 Å². The Kier molecular flexibility index (Phi) is 7.90. The minimum Gasteiger partial charge on any atom is -0.314 e. The maximum atomic E-state index is 4.56. The van der Waals surface area contributed by atoms with Crippen molar-refractivity contribution in [3.05, 3.63) is 30.1 Å². The third kappa shape index (κ3) is 4.92. The van der Waals surface area contributed by atoms with Gasteiger partial charge in [-0.1, -0.05) is 26.8 Å². The van der Waals surface area contributed by atoms with E-state index in [1.165, 1.54) is 5.69 Å². The number of pyridine rings is 1. The molecule has 1 atom stereocenters. The van der Waals surface area contributed by atoms with E-state index in [4.69, 9.17) is 0 Å². The lowest BCUT2D eigenvalue weighted by molar-refractivity contribution is 0.0831. The van der Waals surface area contributed by atoms with Gasteiger partial charge in [-0.25, -0.2) is 0 Å². The van der Waals surface area contributed by atoms with Crippen LogP contribution in [0.3, 0.4) is 0 Å². The summed E-state index contributed by atoms with van der Waals surface area (Å²) in [5, 5.41) is 3.41. The molecule has 0 aliphatic carbocycles. The zero-order valence-electron chi connectivity index (χ0n) is 11.9. The smallest absolute Gasteiger partial charge is 0.0580 e. The van der Waals surface area contributed by atoms with Gasteiger partial charge in [0.15, 0.2) is 0 Å². The van der Waals surface area contributed by atoms with Crippen molar-refractivity contribution >= 4 is 24.8 Å². The third-order valence-electron chi connectivity index (χ3n) is 3.30. The molecule has 1 aromatic heterocycles. The van der Waals surface area contributed by atoms with Gasteiger partial charge in [0.25, 0.3) is 0 Å². The van der Waals surface area contributed by atoms with Crippen molar-refractivity contribution < 1.29 is 0 Å². The number of piperazine rings is 1. The van der Waals surface area contributed by atoms with Gasteiger partial charge in [-0.3, -0.25) is 9.88 Å². The molecule has 19 heavy (non-hydrogen) atoms. The van der Waals surface area contributed by atoms with Crippen molar-refractivity contribution in [1.29, 1.82) is 0 Å². The molecule has 1 fully saturated rings. The van der Waals surface area contributed by atoms with Crippen molar-refractivity contribution in [1.82, 2.24) is 15.2 Å². The van der Waals surface area contributed by atoms with E-state index in [1.54, 1.807) is 0 Å². The average Bonchev–Trinajstić information content (AvgIpc) is 2.30. The topological polar surface area (TPSA) is 28.2 Å². The van der Waals surface area contributed by atoms with Crippen molar-refractivity contribution in [2.45, 2.75) is 26.8 Å². The highest BCUT2D eigenvalue weighted by Gasteiger charge is 2.33. The molecule has 3 nitrogen and oxygen atoms in total. The standard InChI is InChI=1S/C14H23N3.2ClH/c1-14(2,3)13(12-6-4-5-7-16-12)17-10-8-15-9-11-17;;/h4-7,13,15H,8-11H2,1-3H3;2*1H/t13-;;/m0../s1. The molecule has 1 aliphatic heterocycles. The second kappa shape index (κ2) is 8.05. The van der Waals surface area contributed by atoms with Gasteiger partial charge < -0.3 is 5.32 Å². The summed E-state index contributed by atoms with van der Waals surface area (Å²) in [4.78, 5) is 7.11. The second-order valence-corrected chi connectivity index (χ2v) is 5.81. The van der Waals surface area contributed by atoms with Crippen LogP contribution in [-0.4, -0.2) is 36.1 Å². The van der Waals surface area contributed by atoms with Crippen LogP contribution in [0.5, 0.6) is 0 Å². The van der Waals surface area contributed by atoms with E-state index in [2.05, 4.69) is 48.1 Å². The number of nitrogens with zero attached hydrogens (tertiary/aromatic N) is 2. The van der Waals surface area contributed by atoms with Gasteiger partial charge in [0.2, 0.25) is 0 Å². The Labute approximate surface area is 129 Å². The monoisotopic (exact) mass is 305 g/mol. The number of aromatic nitrogens is 1. The van der Waals surface area contributed by atoms with Gasteiger partial charge >= 0.3 is 0 Å². The molecule has 5 heteroatoms. The Hall–Kier alpha value is -0.350. The molecular formula is C14H25Cl2N3. The molecule has 2 rings (SSSR count). The van der Waals surface area contributed by atoms with E-state index in [-0.39, 0.29) is 30.2 Å². The fourth-order valence-corrected chi connectivity index (χ4v) is 2.66. The zero-order valence-corrected chi connectivity index (χ0v) is 13.6. The molecule has 0 unspecified atom stereocenters. The van der Waals surface area contributed by atoms with Crippen LogP contribution in [0.15, 0.2) is 24.4 Å². The molecule has 0 spiro atoms. The Bertz CT molecular complexity index is 345. The first-order chi connectivity index (χ1) is 8.09. The van der Waals surface area contributed by atoms with E-state index in [0.717, 1.165) is 26.2 Å². The highest BCUT2D eigenvalue weighted by Crippen LogP contribution is 2.36. The van der Waals surface area contributed by atoms with E-state index in [1.807, 2.05) is 12.3 Å². The van der Waals surface area contributed by atoms with Gasteiger partial charge in [0, 0.05) is 32.4 Å². The first kappa shape index (κ1) is 18.7. The summed E-state index contributed by atoms with van der Waals surface area (Å²) in [6, 6.07) is 6.63. The first-order valence-corrected chi connectivity index (χ1v) is 6.45. The van der Waals surface area contributed by atoms with Crippen molar-refractivity contribution in [2.24, 2.45) is 5.41 Å². The van der Waals surface area contributed by atoms with Crippen LogP contribution >= 0.6 is 24.8 Å². The lowest BCUT2D eigenvalue weighted by atomic mass is 9.83. The van der Waals surface area contributed by atoms with Gasteiger partial charge in [0.05, 0.1) is 11.7 Å². The second-order valence-electron chi connectivity index (χ2n) is 5.81. The fraction of sp³-hybridized carbons (Fsp3) is 0.643. The third-order valence-corrected chi connectivity index (χ3v) is 3.30. The van der Waals surface area contributed by atoms with Gasteiger partial charge in [-0.05, 0) is 17.5 Å². The summed E-state index contributed by atoms with van der Waals surface area (Å²) >= 11 is 0. The van der Waals surface area contributed by atoms with Crippen LogP contribution in [0.1, 0.15) is 32.5 Å². The normalized spacial score (nSPS) is 18.1. The van der Waals surface area contributed by atoms with E-state index < -0.39 is 0 Å². The van der Waals surface area contributed by atoms with Crippen molar-refractivity contribution in [2.75, 3.05) is 26.2 Å². The number of hydrogen-bond acceptors (Lipinski definition) is 3. The maximum absolute atomic E-state index is 4.56. The summed E-state index contributed by atoms with van der Waals surface area (Å²) in [5.74, 6) is 0. The molecule has 0 saturated carbocycles. The predicted molar refractivity (Wildman–Crippen MR) is 85.4 cm³/mol. The largest absolute Gasteiger partial charge is 0.314 e. The summed E-state index contributed by atoms with van der Waals surface area (Å²) in [6.07, 6.45) is 1.90. The average molecular weight is 306 g/mol. The van der Waals surface area contributed by atoms with Crippen molar-refractivity contribution in [3.8, 4) is 0 Å². The number of halogens is 2. The van der Waals surface area contributed by atoms with Gasteiger partial charge in [-0.2, -0.15) is 0 Å². The maximum Gasteiger partial charge on any atom is 0.0580 e. The lowest BCUT2D eigenvalue weighted by Gasteiger charge is -2.41. The molecular weight excluding hydrogens is 281 g/mol. The molecule has 1 aromatic rings. The molecule has 110 valence electrons. The molecule has 1 saturated heterocycles. The molecule has 1 aliphatic rings. The van der Waals surface area contributed by atoms with Crippen LogP contribution in [0, 0.1) is 5.41 Å². The highest BCUT2D eigenvalue weighted by atomic mass is 35.5. The lowest BCUT2D eigenvalue weighted by Crippen LogP contribution is -2.48. The molecule has 0 amide bonds. The molecule has 0 aromatic carbocycles. The first-order valence-electron chi connectivity index (χ1n) is 6.45. The molecule has 1 N–H and O–H groups in total. The molecule has 0 radical (unpaired) electrons. The van der Waals surface area contributed by atoms with Crippen LogP contribution in [0.2, 0.25) is 0 Å². The molecule has 2 heterocycles. The number of hydrogen-bond donors (Lipinski definition) is 1. The van der Waals surface area contributed by atoms with E-state index >= 15 is 0 Å². The minimum atomic E-state index is 0. The van der Waals surface area contributed by atoms with E-state index in [0.29, 0.717) is 6.04 Å². The predicted octanol–water partition coefficient (Wildman–Crippen LogP) is 2.92. The number of nitrogens with one attached hydrogen (secondary N) is 1. The Morgan fingerprint density at radius 2 is 1.79 bits per heavy atom. The van der Waals surface area contributed by atoms with Crippen LogP contribution in [0.4, 0.5) is 0 Å². The van der Waals surface area contributed by atoms with Crippen LogP contribution < -0.4 is 5.32 Å². The Morgan fingerprint density at radius 1 is 1.16 bits per heavy atom. The minimum absolute atomic E-state index is 0. The highest BCUT2D eigenvalue weighted by molar-refractivity contribution is 5.85. The Balaban J connectivity index is 0.00000162. The Morgan fingerprint density at radius 3 is 2.26 bits per heavy atom. The number of rotatable bonds is 2. The summed E-state index contributed by atoms with van der Waals surface area (Å²) in [5.41, 5.74) is 1.41. The van der Waals surface area contributed by atoms with Crippen LogP contribution in [0.25, 0.3) is 0 Å². The van der Waals surface area contributed by atoms with Gasteiger partial charge in [-0.15, -0.1) is 24.8 Å². The molecule has 0 bridgehead atoms. The summed E-state index contributed by atoms with van der Waals surface area (Å²) in [6.45, 7) is 11.3. The van der Waals surface area contributed by atoms with Crippen molar-refractivity contribution in [3.63, 3.8) is 0 Å². The van der Waals surface area contributed by atoms with E-state index in [9.17, 15) is 0 Å². The fourth-order valence-electron chi connectivity index (χ4n) is 2.66. The zero-order chi connectivity index (χ0) is 12.3. The summed E-state index contributed by atoms with van der Waals surface area (Å²) in [7, 11) is 0. The van der Waals surface area contributed by atoms with Gasteiger partial charge in [0.1, 0.15) is 0 Å². The SMILES string of the molecule is CC(C)(C)[C@H](c1ccccn1)N1CCNCC1.Cl.Cl. The summed E-state index contributed by atoms with van der Waals surface area (Å²) < 4.78 is 0. The quantitative estimate of drug-likeness (QED) is 0.910.